The minimum atomic E-state index is 0.511. The van der Waals surface area contributed by atoms with Gasteiger partial charge in [0.05, 0.1) is 0 Å². The standard InChI is InChI=1S/C13H13N5O/c1-8-3-4-10(14)6-11(8)19-12-5-9(2)17-13-15-7-16-18(12)13/h3-7H,14H2,1-2H3. The predicted molar refractivity (Wildman–Crippen MR) is 71.2 cm³/mol. The van der Waals surface area contributed by atoms with E-state index in [1.807, 2.05) is 32.0 Å². The van der Waals surface area contributed by atoms with Crippen molar-refractivity contribution in [3.8, 4) is 11.6 Å². The van der Waals surface area contributed by atoms with Crippen LogP contribution in [0.5, 0.6) is 11.6 Å². The number of aromatic nitrogens is 4. The van der Waals surface area contributed by atoms with Gasteiger partial charge in [0.15, 0.2) is 0 Å². The summed E-state index contributed by atoms with van der Waals surface area (Å²) in [6, 6.07) is 7.35. The summed E-state index contributed by atoms with van der Waals surface area (Å²) in [5.41, 5.74) is 8.24. The first-order valence-corrected chi connectivity index (χ1v) is 5.85. The highest BCUT2D eigenvalue weighted by atomic mass is 16.5. The summed E-state index contributed by atoms with van der Waals surface area (Å²) in [5.74, 6) is 1.77. The Labute approximate surface area is 109 Å². The molecule has 0 fully saturated rings. The third-order valence-corrected chi connectivity index (χ3v) is 2.77. The van der Waals surface area contributed by atoms with Crippen LogP contribution >= 0.6 is 0 Å². The molecule has 96 valence electrons. The van der Waals surface area contributed by atoms with Crippen molar-refractivity contribution in [3.05, 3.63) is 41.9 Å². The van der Waals surface area contributed by atoms with Crippen LogP contribution in [0.3, 0.4) is 0 Å². The fraction of sp³-hybridized carbons (Fsp3) is 0.154. The molecule has 2 heterocycles. The summed E-state index contributed by atoms with van der Waals surface area (Å²) in [5, 5.41) is 4.09. The molecule has 0 bridgehead atoms. The number of aryl methyl sites for hydroxylation is 2. The first kappa shape index (κ1) is 11.5. The van der Waals surface area contributed by atoms with Crippen molar-refractivity contribution >= 4 is 11.5 Å². The molecule has 2 N–H and O–H groups in total. The van der Waals surface area contributed by atoms with Crippen LogP contribution in [0.25, 0.3) is 5.78 Å². The quantitative estimate of drug-likeness (QED) is 0.709. The van der Waals surface area contributed by atoms with E-state index in [1.54, 1.807) is 10.6 Å². The molecule has 0 saturated carbocycles. The van der Waals surface area contributed by atoms with Gasteiger partial charge in [0, 0.05) is 23.5 Å². The second-order valence-corrected chi connectivity index (χ2v) is 4.33. The Morgan fingerprint density at radius 1 is 1.21 bits per heavy atom. The van der Waals surface area contributed by atoms with E-state index in [2.05, 4.69) is 15.1 Å². The van der Waals surface area contributed by atoms with Crippen molar-refractivity contribution in [2.24, 2.45) is 0 Å². The van der Waals surface area contributed by atoms with Crippen LogP contribution in [-0.2, 0) is 0 Å². The number of hydrogen-bond donors (Lipinski definition) is 1. The lowest BCUT2D eigenvalue weighted by Gasteiger charge is -2.10. The minimum absolute atomic E-state index is 0.511. The van der Waals surface area contributed by atoms with Gasteiger partial charge in [-0.2, -0.15) is 14.6 Å². The lowest BCUT2D eigenvalue weighted by atomic mass is 10.2. The van der Waals surface area contributed by atoms with Gasteiger partial charge in [-0.15, -0.1) is 0 Å². The van der Waals surface area contributed by atoms with Crippen LogP contribution in [0.1, 0.15) is 11.3 Å². The molecule has 0 atom stereocenters. The van der Waals surface area contributed by atoms with Gasteiger partial charge in [-0.3, -0.25) is 0 Å². The molecule has 19 heavy (non-hydrogen) atoms. The molecule has 6 heteroatoms. The van der Waals surface area contributed by atoms with Crippen molar-refractivity contribution < 1.29 is 4.74 Å². The number of nitrogen functional groups attached to an aromatic ring is 1. The van der Waals surface area contributed by atoms with E-state index in [1.165, 1.54) is 6.33 Å². The van der Waals surface area contributed by atoms with E-state index in [0.29, 0.717) is 23.1 Å². The van der Waals surface area contributed by atoms with E-state index in [-0.39, 0.29) is 0 Å². The number of rotatable bonds is 2. The molecule has 0 aliphatic rings. The monoisotopic (exact) mass is 255 g/mol. The second kappa shape index (κ2) is 4.24. The van der Waals surface area contributed by atoms with Gasteiger partial charge >= 0.3 is 0 Å². The fourth-order valence-corrected chi connectivity index (χ4v) is 1.81. The number of nitrogens with zero attached hydrogens (tertiary/aromatic N) is 4. The van der Waals surface area contributed by atoms with Crippen molar-refractivity contribution in [2.45, 2.75) is 13.8 Å². The fourth-order valence-electron chi connectivity index (χ4n) is 1.81. The zero-order chi connectivity index (χ0) is 13.4. The van der Waals surface area contributed by atoms with E-state index in [4.69, 9.17) is 10.5 Å². The van der Waals surface area contributed by atoms with Crippen molar-refractivity contribution in [1.29, 1.82) is 0 Å². The number of fused-ring (bicyclic) bond motifs is 1. The third kappa shape index (κ3) is 2.08. The summed E-state index contributed by atoms with van der Waals surface area (Å²) in [6.07, 6.45) is 1.45. The number of anilines is 1. The van der Waals surface area contributed by atoms with E-state index in [9.17, 15) is 0 Å². The first-order chi connectivity index (χ1) is 9.13. The van der Waals surface area contributed by atoms with Crippen molar-refractivity contribution in [1.82, 2.24) is 19.6 Å². The maximum absolute atomic E-state index is 5.88. The Bertz CT molecular complexity index is 750. The molecule has 6 nitrogen and oxygen atoms in total. The molecule has 0 radical (unpaired) electrons. The van der Waals surface area contributed by atoms with Crippen molar-refractivity contribution in [3.63, 3.8) is 0 Å². The molecular formula is C13H13N5O. The van der Waals surface area contributed by atoms with E-state index in [0.717, 1.165) is 11.3 Å². The maximum atomic E-state index is 5.88. The van der Waals surface area contributed by atoms with Crippen LogP contribution < -0.4 is 10.5 Å². The van der Waals surface area contributed by atoms with Gasteiger partial charge < -0.3 is 10.5 Å². The Morgan fingerprint density at radius 2 is 2.05 bits per heavy atom. The minimum Gasteiger partial charge on any atom is -0.438 e. The average molecular weight is 255 g/mol. The largest absolute Gasteiger partial charge is 0.438 e. The number of hydrogen-bond acceptors (Lipinski definition) is 5. The highest BCUT2D eigenvalue weighted by Crippen LogP contribution is 2.27. The summed E-state index contributed by atoms with van der Waals surface area (Å²) >= 11 is 0. The molecular weight excluding hydrogens is 242 g/mol. The van der Waals surface area contributed by atoms with Crippen molar-refractivity contribution in [2.75, 3.05) is 5.73 Å². The normalized spacial score (nSPS) is 10.8. The molecule has 0 amide bonds. The summed E-state index contributed by atoms with van der Waals surface area (Å²) < 4.78 is 7.43. The maximum Gasteiger partial charge on any atom is 0.255 e. The summed E-state index contributed by atoms with van der Waals surface area (Å²) in [7, 11) is 0. The zero-order valence-electron chi connectivity index (χ0n) is 10.7. The van der Waals surface area contributed by atoms with Gasteiger partial charge in [-0.05, 0) is 25.5 Å². The molecule has 2 aromatic heterocycles. The lowest BCUT2D eigenvalue weighted by Crippen LogP contribution is -2.00. The molecule has 3 aromatic rings. The topological polar surface area (TPSA) is 78.3 Å². The van der Waals surface area contributed by atoms with E-state index < -0.39 is 0 Å². The molecule has 3 rings (SSSR count). The Morgan fingerprint density at radius 3 is 2.89 bits per heavy atom. The van der Waals surface area contributed by atoms with Crippen LogP contribution in [0.4, 0.5) is 5.69 Å². The zero-order valence-corrected chi connectivity index (χ0v) is 10.7. The highest BCUT2D eigenvalue weighted by Gasteiger charge is 2.09. The first-order valence-electron chi connectivity index (χ1n) is 5.85. The summed E-state index contributed by atoms with van der Waals surface area (Å²) in [6.45, 7) is 3.84. The SMILES string of the molecule is Cc1cc(Oc2cc(N)ccc2C)n2ncnc2n1. The molecule has 0 unspecified atom stereocenters. The highest BCUT2D eigenvalue weighted by molar-refractivity contribution is 5.49. The van der Waals surface area contributed by atoms with Crippen LogP contribution in [-0.4, -0.2) is 19.6 Å². The Balaban J connectivity index is 2.10. The van der Waals surface area contributed by atoms with Gasteiger partial charge in [0.1, 0.15) is 12.1 Å². The van der Waals surface area contributed by atoms with Gasteiger partial charge in [0.2, 0.25) is 5.88 Å². The molecule has 1 aromatic carbocycles. The molecule has 0 saturated heterocycles. The van der Waals surface area contributed by atoms with E-state index >= 15 is 0 Å². The lowest BCUT2D eigenvalue weighted by molar-refractivity contribution is 0.442. The Hall–Kier alpha value is -2.63. The molecule has 0 spiro atoms. The molecule has 0 aliphatic carbocycles. The van der Waals surface area contributed by atoms with Crippen LogP contribution in [0.15, 0.2) is 30.6 Å². The summed E-state index contributed by atoms with van der Waals surface area (Å²) in [4.78, 5) is 8.32. The van der Waals surface area contributed by atoms with Gasteiger partial charge in [-0.25, -0.2) is 4.98 Å². The molecule has 0 aliphatic heterocycles. The Kier molecular flexibility index (Phi) is 2.56. The second-order valence-electron chi connectivity index (χ2n) is 4.33. The average Bonchev–Trinajstić information content (AvgIpc) is 2.82. The smallest absolute Gasteiger partial charge is 0.255 e. The number of ether oxygens (including phenoxy) is 1. The van der Waals surface area contributed by atoms with Gasteiger partial charge in [-0.1, -0.05) is 6.07 Å². The third-order valence-electron chi connectivity index (χ3n) is 2.77. The van der Waals surface area contributed by atoms with Gasteiger partial charge in [0.25, 0.3) is 5.78 Å². The van der Waals surface area contributed by atoms with Crippen LogP contribution in [0, 0.1) is 13.8 Å². The van der Waals surface area contributed by atoms with Crippen LogP contribution in [0.2, 0.25) is 0 Å². The number of benzene rings is 1. The number of nitrogens with two attached hydrogens (primary N) is 1. The predicted octanol–water partition coefficient (Wildman–Crippen LogP) is 2.12.